The van der Waals surface area contributed by atoms with E-state index in [2.05, 4.69) is 11.4 Å². The number of hydrogen-bond acceptors (Lipinski definition) is 4. The van der Waals surface area contributed by atoms with Crippen molar-refractivity contribution < 1.29 is 9.59 Å². The van der Waals surface area contributed by atoms with Crippen molar-refractivity contribution >= 4 is 33.4 Å². The van der Waals surface area contributed by atoms with Gasteiger partial charge in [-0.25, -0.2) is 4.98 Å². The van der Waals surface area contributed by atoms with Gasteiger partial charge in [-0.1, -0.05) is 18.2 Å². The van der Waals surface area contributed by atoms with Crippen LogP contribution in [0.1, 0.15) is 45.3 Å². The number of piperidine rings is 1. The molecule has 1 atom stereocenters. The Morgan fingerprint density at radius 2 is 2.00 bits per heavy atom. The lowest BCUT2D eigenvalue weighted by Crippen LogP contribution is -2.44. The summed E-state index contributed by atoms with van der Waals surface area (Å²) < 4.78 is 1.19. The first-order valence-corrected chi connectivity index (χ1v) is 10.8. The molecule has 2 aromatic carbocycles. The summed E-state index contributed by atoms with van der Waals surface area (Å²) in [4.78, 5) is 31.7. The molecule has 1 aromatic heterocycles. The van der Waals surface area contributed by atoms with Gasteiger partial charge in [-0.05, 0) is 62.1 Å². The largest absolute Gasteiger partial charge is 0.343 e. The van der Waals surface area contributed by atoms with E-state index < -0.39 is 0 Å². The molecule has 1 aliphatic rings. The van der Waals surface area contributed by atoms with Gasteiger partial charge in [0, 0.05) is 24.6 Å². The molecule has 0 aliphatic carbocycles. The molecule has 2 heterocycles. The lowest BCUT2D eigenvalue weighted by Gasteiger charge is -2.32. The maximum absolute atomic E-state index is 12.7. The average Bonchev–Trinajstić information content (AvgIpc) is 3.18. The van der Waals surface area contributed by atoms with Crippen molar-refractivity contribution in [1.82, 2.24) is 15.2 Å². The summed E-state index contributed by atoms with van der Waals surface area (Å²) in [7, 11) is 0. The molecule has 3 aromatic rings. The number of thiazole rings is 1. The van der Waals surface area contributed by atoms with Gasteiger partial charge in [0.2, 0.25) is 5.91 Å². The first kappa shape index (κ1) is 19.6. The zero-order chi connectivity index (χ0) is 20.4. The third-order valence-corrected chi connectivity index (χ3v) is 6.80. The van der Waals surface area contributed by atoms with Crippen molar-refractivity contribution in [3.05, 3.63) is 64.2 Å². The highest BCUT2D eigenvalue weighted by atomic mass is 32.1. The molecule has 0 radical (unpaired) electrons. The third-order valence-electron chi connectivity index (χ3n) is 5.60. The summed E-state index contributed by atoms with van der Waals surface area (Å²) in [6.07, 6.45) is 2.00. The van der Waals surface area contributed by atoms with Gasteiger partial charge >= 0.3 is 0 Å². The smallest absolute Gasteiger partial charge is 0.251 e. The summed E-state index contributed by atoms with van der Waals surface area (Å²) >= 11 is 1.72. The van der Waals surface area contributed by atoms with Crippen LogP contribution in [-0.2, 0) is 4.79 Å². The van der Waals surface area contributed by atoms with E-state index in [0.717, 1.165) is 41.0 Å². The number of hydrogen-bond donors (Lipinski definition) is 1. The number of amides is 2. The molecular weight excluding hydrogens is 382 g/mol. The molecule has 150 valence electrons. The van der Waals surface area contributed by atoms with E-state index in [1.54, 1.807) is 17.4 Å². The van der Waals surface area contributed by atoms with Crippen molar-refractivity contribution in [3.63, 3.8) is 0 Å². The number of benzene rings is 2. The standard InChI is InChI=1S/C23H25N3O2S/c1-15-9-10-17(12-16(15)2)22(28)24-13-21(27)26-11-5-6-18(14-26)23-25-19-7-3-4-8-20(19)29-23/h3-4,7-10,12,18H,5-6,11,13-14H2,1-2H3,(H,24,28)/t18-/m0/s1. The summed E-state index contributed by atoms with van der Waals surface area (Å²) in [5.74, 6) is 0.0229. The molecule has 29 heavy (non-hydrogen) atoms. The minimum absolute atomic E-state index is 0.0261. The summed E-state index contributed by atoms with van der Waals surface area (Å²) in [6.45, 7) is 5.42. The number of para-hydroxylation sites is 1. The number of nitrogens with one attached hydrogen (secondary N) is 1. The second-order valence-electron chi connectivity index (χ2n) is 7.68. The molecule has 0 saturated carbocycles. The molecule has 1 saturated heterocycles. The Morgan fingerprint density at radius 3 is 2.79 bits per heavy atom. The first-order valence-electron chi connectivity index (χ1n) is 10.00. The maximum Gasteiger partial charge on any atom is 0.251 e. The fraction of sp³-hybridized carbons (Fsp3) is 0.348. The Balaban J connectivity index is 1.37. The van der Waals surface area contributed by atoms with Crippen molar-refractivity contribution in [2.24, 2.45) is 0 Å². The molecular formula is C23H25N3O2S. The molecule has 1 fully saturated rings. The predicted molar refractivity (Wildman–Crippen MR) is 116 cm³/mol. The van der Waals surface area contributed by atoms with Crippen LogP contribution in [0.4, 0.5) is 0 Å². The van der Waals surface area contributed by atoms with Gasteiger partial charge in [-0.15, -0.1) is 11.3 Å². The molecule has 5 nitrogen and oxygen atoms in total. The van der Waals surface area contributed by atoms with Crippen molar-refractivity contribution in [3.8, 4) is 0 Å². The number of fused-ring (bicyclic) bond motifs is 1. The van der Waals surface area contributed by atoms with Gasteiger partial charge in [-0.3, -0.25) is 9.59 Å². The summed E-state index contributed by atoms with van der Waals surface area (Å²) in [5, 5.41) is 3.88. The zero-order valence-corrected chi connectivity index (χ0v) is 17.6. The molecule has 0 spiro atoms. The number of carbonyl (C=O) groups excluding carboxylic acids is 2. The summed E-state index contributed by atoms with van der Waals surface area (Å²) in [6, 6.07) is 13.7. The van der Waals surface area contributed by atoms with Gasteiger partial charge in [0.1, 0.15) is 0 Å². The molecule has 0 bridgehead atoms. The van der Waals surface area contributed by atoms with E-state index in [1.807, 2.05) is 49.1 Å². The lowest BCUT2D eigenvalue weighted by molar-refractivity contribution is -0.131. The number of aryl methyl sites for hydroxylation is 2. The zero-order valence-electron chi connectivity index (χ0n) is 16.8. The van der Waals surface area contributed by atoms with Crippen LogP contribution in [0, 0.1) is 13.8 Å². The highest BCUT2D eigenvalue weighted by molar-refractivity contribution is 7.18. The molecule has 1 N–H and O–H groups in total. The first-order chi connectivity index (χ1) is 14.0. The van der Waals surface area contributed by atoms with Crippen molar-refractivity contribution in [1.29, 1.82) is 0 Å². The SMILES string of the molecule is Cc1ccc(C(=O)NCC(=O)N2CCC[C@H](c3nc4ccccc4s3)C2)cc1C. The van der Waals surface area contributed by atoms with Crippen LogP contribution in [0.3, 0.4) is 0 Å². The van der Waals surface area contributed by atoms with E-state index in [9.17, 15) is 9.59 Å². The highest BCUT2D eigenvalue weighted by Crippen LogP contribution is 2.32. The average molecular weight is 408 g/mol. The van der Waals surface area contributed by atoms with Gasteiger partial charge < -0.3 is 10.2 Å². The minimum Gasteiger partial charge on any atom is -0.343 e. The predicted octanol–water partition coefficient (Wildman–Crippen LogP) is 4.05. The van der Waals surface area contributed by atoms with Gasteiger partial charge in [-0.2, -0.15) is 0 Å². The minimum atomic E-state index is -0.207. The molecule has 2 amide bonds. The van der Waals surface area contributed by atoms with Crippen LogP contribution >= 0.6 is 11.3 Å². The summed E-state index contributed by atoms with van der Waals surface area (Å²) in [5.41, 5.74) is 3.83. The topological polar surface area (TPSA) is 62.3 Å². The molecule has 6 heteroatoms. The fourth-order valence-corrected chi connectivity index (χ4v) is 4.82. The Bertz CT molecular complexity index is 1030. The molecule has 1 aliphatic heterocycles. The van der Waals surface area contributed by atoms with Crippen LogP contribution in [0.25, 0.3) is 10.2 Å². The monoisotopic (exact) mass is 407 g/mol. The third kappa shape index (κ3) is 4.32. The Hall–Kier alpha value is -2.73. The van der Waals surface area contributed by atoms with Gasteiger partial charge in [0.25, 0.3) is 5.91 Å². The van der Waals surface area contributed by atoms with Gasteiger partial charge in [0.05, 0.1) is 21.8 Å². The van der Waals surface area contributed by atoms with Crippen molar-refractivity contribution in [2.75, 3.05) is 19.6 Å². The van der Waals surface area contributed by atoms with E-state index in [-0.39, 0.29) is 24.3 Å². The van der Waals surface area contributed by atoms with Crippen LogP contribution < -0.4 is 5.32 Å². The number of carbonyl (C=O) groups is 2. The van der Waals surface area contributed by atoms with Crippen LogP contribution in [0.5, 0.6) is 0 Å². The second kappa shape index (κ2) is 8.33. The quantitative estimate of drug-likeness (QED) is 0.710. The number of rotatable bonds is 4. The van der Waals surface area contributed by atoms with Crippen molar-refractivity contribution in [2.45, 2.75) is 32.6 Å². The number of aromatic nitrogens is 1. The van der Waals surface area contributed by atoms with Crippen LogP contribution in [0.15, 0.2) is 42.5 Å². The number of likely N-dealkylation sites (tertiary alicyclic amines) is 1. The molecule has 0 unspecified atom stereocenters. The lowest BCUT2D eigenvalue weighted by atomic mass is 9.98. The number of nitrogens with zero attached hydrogens (tertiary/aromatic N) is 2. The van der Waals surface area contributed by atoms with E-state index >= 15 is 0 Å². The normalized spacial score (nSPS) is 16.8. The van der Waals surface area contributed by atoms with Gasteiger partial charge in [0.15, 0.2) is 0 Å². The fourth-order valence-electron chi connectivity index (χ4n) is 3.72. The highest BCUT2D eigenvalue weighted by Gasteiger charge is 2.27. The second-order valence-corrected chi connectivity index (χ2v) is 8.74. The van der Waals surface area contributed by atoms with Crippen LogP contribution in [-0.4, -0.2) is 41.3 Å². The molecule has 4 rings (SSSR count). The van der Waals surface area contributed by atoms with E-state index in [1.165, 1.54) is 4.70 Å². The Labute approximate surface area is 174 Å². The maximum atomic E-state index is 12.7. The Kier molecular flexibility index (Phi) is 5.62. The van der Waals surface area contributed by atoms with Crippen LogP contribution in [0.2, 0.25) is 0 Å². The van der Waals surface area contributed by atoms with E-state index in [4.69, 9.17) is 4.98 Å². The Morgan fingerprint density at radius 1 is 1.17 bits per heavy atom. The van der Waals surface area contributed by atoms with E-state index in [0.29, 0.717) is 12.1 Å².